The summed E-state index contributed by atoms with van der Waals surface area (Å²) in [5.41, 5.74) is 0.776. The number of hydrogen-bond acceptors (Lipinski definition) is 2. The van der Waals surface area contributed by atoms with Gasteiger partial charge in [0, 0.05) is 11.6 Å². The molecule has 1 N–H and O–H groups in total. The molecule has 0 aliphatic heterocycles. The summed E-state index contributed by atoms with van der Waals surface area (Å²) in [7, 11) is 0. The first-order chi connectivity index (χ1) is 9.25. The van der Waals surface area contributed by atoms with E-state index in [1.807, 2.05) is 6.07 Å². The number of benzene rings is 1. The van der Waals surface area contributed by atoms with Crippen LogP contribution in [0.3, 0.4) is 0 Å². The molecule has 1 aromatic carbocycles. The van der Waals surface area contributed by atoms with Gasteiger partial charge in [-0.2, -0.15) is 5.10 Å². The van der Waals surface area contributed by atoms with Gasteiger partial charge >= 0.3 is 0 Å². The van der Waals surface area contributed by atoms with Crippen molar-refractivity contribution in [1.29, 1.82) is 0 Å². The van der Waals surface area contributed by atoms with E-state index in [0.29, 0.717) is 10.8 Å². The maximum Gasteiger partial charge on any atom is 0.195 e. The summed E-state index contributed by atoms with van der Waals surface area (Å²) in [6, 6.07) is 6.90. The molecule has 1 fully saturated rings. The lowest BCUT2D eigenvalue weighted by Crippen LogP contribution is -2.14. The van der Waals surface area contributed by atoms with Crippen LogP contribution < -0.4 is 0 Å². The fourth-order valence-electron chi connectivity index (χ4n) is 2.81. The zero-order valence-corrected chi connectivity index (χ0v) is 11.4. The molecule has 1 aromatic heterocycles. The summed E-state index contributed by atoms with van der Waals surface area (Å²) in [4.78, 5) is 0. The van der Waals surface area contributed by atoms with Crippen molar-refractivity contribution in [2.45, 2.75) is 38.1 Å². The van der Waals surface area contributed by atoms with Crippen molar-refractivity contribution in [3.05, 3.63) is 34.9 Å². The van der Waals surface area contributed by atoms with Gasteiger partial charge in [0.15, 0.2) is 10.6 Å². The largest absolute Gasteiger partial charge is 0.297 e. The van der Waals surface area contributed by atoms with Crippen molar-refractivity contribution >= 4 is 12.2 Å². The van der Waals surface area contributed by atoms with E-state index in [1.165, 1.54) is 31.4 Å². The molecule has 3 rings (SSSR count). The molecule has 5 heteroatoms. The lowest BCUT2D eigenvalue weighted by atomic mass is 9.95. The van der Waals surface area contributed by atoms with Gasteiger partial charge in [0.1, 0.15) is 5.82 Å². The highest BCUT2D eigenvalue weighted by Crippen LogP contribution is 2.31. The topological polar surface area (TPSA) is 33.6 Å². The van der Waals surface area contributed by atoms with Gasteiger partial charge in [-0.15, -0.1) is 0 Å². The van der Waals surface area contributed by atoms with E-state index in [9.17, 15) is 4.39 Å². The van der Waals surface area contributed by atoms with Crippen molar-refractivity contribution in [3.63, 3.8) is 0 Å². The number of hydrogen-bond donors (Lipinski definition) is 1. The number of nitrogens with zero attached hydrogens (tertiary/aromatic N) is 2. The van der Waals surface area contributed by atoms with Crippen LogP contribution in [0, 0.1) is 10.6 Å². The molecule has 1 aliphatic carbocycles. The van der Waals surface area contributed by atoms with Gasteiger partial charge < -0.3 is 0 Å². The van der Waals surface area contributed by atoms with Crippen LogP contribution in [0.1, 0.15) is 38.1 Å². The molecule has 0 unspecified atom stereocenters. The third-order valence-electron chi connectivity index (χ3n) is 3.73. The number of nitrogens with one attached hydrogen (secondary N) is 1. The van der Waals surface area contributed by atoms with Crippen LogP contribution >= 0.6 is 12.2 Å². The van der Waals surface area contributed by atoms with Gasteiger partial charge in [-0.05, 0) is 37.2 Å². The van der Waals surface area contributed by atoms with Gasteiger partial charge in [-0.1, -0.05) is 31.4 Å². The average molecular weight is 277 g/mol. The monoisotopic (exact) mass is 277 g/mol. The first kappa shape index (κ1) is 12.5. The second kappa shape index (κ2) is 5.25. The van der Waals surface area contributed by atoms with Gasteiger partial charge in [-0.3, -0.25) is 9.67 Å². The minimum absolute atomic E-state index is 0.249. The average Bonchev–Trinajstić information content (AvgIpc) is 2.82. The second-order valence-corrected chi connectivity index (χ2v) is 5.41. The lowest BCUT2D eigenvalue weighted by Gasteiger charge is -2.24. The molecule has 0 radical (unpaired) electrons. The van der Waals surface area contributed by atoms with Gasteiger partial charge in [0.05, 0.1) is 0 Å². The van der Waals surface area contributed by atoms with Crippen molar-refractivity contribution in [1.82, 2.24) is 14.8 Å². The Balaban J connectivity index is 2.05. The van der Waals surface area contributed by atoms with E-state index < -0.39 is 0 Å². The van der Waals surface area contributed by atoms with E-state index in [2.05, 4.69) is 14.8 Å². The van der Waals surface area contributed by atoms with Gasteiger partial charge in [-0.25, -0.2) is 4.39 Å². The normalized spacial score (nSPS) is 16.7. The smallest absolute Gasteiger partial charge is 0.195 e. The highest BCUT2D eigenvalue weighted by atomic mass is 32.1. The summed E-state index contributed by atoms with van der Waals surface area (Å²) in [5, 5.41) is 7.13. The van der Waals surface area contributed by atoms with Crippen LogP contribution in [0.2, 0.25) is 0 Å². The zero-order chi connectivity index (χ0) is 13.2. The highest BCUT2D eigenvalue weighted by molar-refractivity contribution is 7.71. The number of rotatable bonds is 2. The van der Waals surface area contributed by atoms with Crippen molar-refractivity contribution < 1.29 is 4.39 Å². The molecule has 0 amide bonds. The molecule has 0 spiro atoms. The summed E-state index contributed by atoms with van der Waals surface area (Å²) in [6.07, 6.45) is 5.98. The molecule has 0 saturated heterocycles. The van der Waals surface area contributed by atoms with Crippen LogP contribution in [0.4, 0.5) is 4.39 Å². The van der Waals surface area contributed by atoms with Crippen molar-refractivity contribution in [2.75, 3.05) is 0 Å². The number of H-pyrrole nitrogens is 1. The predicted octanol–water partition coefficient (Wildman–Crippen LogP) is 4.25. The Hall–Kier alpha value is -1.49. The summed E-state index contributed by atoms with van der Waals surface area (Å²) < 4.78 is 16.0. The third-order valence-corrected chi connectivity index (χ3v) is 4.02. The summed E-state index contributed by atoms with van der Waals surface area (Å²) in [6.45, 7) is 0. The quantitative estimate of drug-likeness (QED) is 0.832. The van der Waals surface area contributed by atoms with Crippen LogP contribution in [0.25, 0.3) is 11.4 Å². The fourth-order valence-corrected chi connectivity index (χ4v) is 3.10. The molecule has 2 aromatic rings. The SMILES string of the molecule is Fc1cccc(-c2n[nH]c(=S)n2C2CCCCC2)c1. The molecular formula is C14H16FN3S. The number of aromatic amines is 1. The molecule has 1 aliphatic rings. The summed E-state index contributed by atoms with van der Waals surface area (Å²) >= 11 is 5.34. The maximum atomic E-state index is 13.4. The molecule has 19 heavy (non-hydrogen) atoms. The Morgan fingerprint density at radius 2 is 2.05 bits per heavy atom. The van der Waals surface area contributed by atoms with E-state index in [-0.39, 0.29) is 5.82 Å². The van der Waals surface area contributed by atoms with E-state index >= 15 is 0 Å². The van der Waals surface area contributed by atoms with Crippen LogP contribution in [0.5, 0.6) is 0 Å². The van der Waals surface area contributed by atoms with Gasteiger partial charge in [0.25, 0.3) is 0 Å². The number of halogens is 1. The predicted molar refractivity (Wildman–Crippen MR) is 74.9 cm³/mol. The molecule has 1 saturated carbocycles. The molecule has 100 valence electrons. The Morgan fingerprint density at radius 1 is 1.26 bits per heavy atom. The summed E-state index contributed by atoms with van der Waals surface area (Å²) in [5.74, 6) is 0.498. The van der Waals surface area contributed by atoms with Crippen LogP contribution in [0.15, 0.2) is 24.3 Å². The molecule has 0 bridgehead atoms. The fraction of sp³-hybridized carbons (Fsp3) is 0.429. The highest BCUT2D eigenvalue weighted by Gasteiger charge is 2.20. The molecule has 1 heterocycles. The Bertz CT molecular complexity index is 626. The molecule has 3 nitrogen and oxygen atoms in total. The van der Waals surface area contributed by atoms with E-state index in [0.717, 1.165) is 24.2 Å². The maximum absolute atomic E-state index is 13.4. The van der Waals surface area contributed by atoms with Crippen molar-refractivity contribution in [2.24, 2.45) is 0 Å². The Morgan fingerprint density at radius 3 is 2.79 bits per heavy atom. The van der Waals surface area contributed by atoms with E-state index in [1.54, 1.807) is 6.07 Å². The van der Waals surface area contributed by atoms with Crippen molar-refractivity contribution in [3.8, 4) is 11.4 Å². The molecule has 0 atom stereocenters. The third kappa shape index (κ3) is 2.47. The molecular weight excluding hydrogens is 261 g/mol. The van der Waals surface area contributed by atoms with Crippen LogP contribution in [-0.2, 0) is 0 Å². The first-order valence-electron chi connectivity index (χ1n) is 6.68. The lowest BCUT2D eigenvalue weighted by molar-refractivity contribution is 0.352. The Labute approximate surface area is 116 Å². The Kier molecular flexibility index (Phi) is 3.46. The van der Waals surface area contributed by atoms with Gasteiger partial charge in [0.2, 0.25) is 0 Å². The minimum atomic E-state index is -0.249. The number of aromatic nitrogens is 3. The zero-order valence-electron chi connectivity index (χ0n) is 10.6. The second-order valence-electron chi connectivity index (χ2n) is 5.02. The minimum Gasteiger partial charge on any atom is -0.297 e. The van der Waals surface area contributed by atoms with Crippen LogP contribution in [-0.4, -0.2) is 14.8 Å². The standard InChI is InChI=1S/C14H16FN3S/c15-11-6-4-5-10(9-11)13-16-17-14(19)18(13)12-7-2-1-3-8-12/h4-6,9,12H,1-3,7-8H2,(H,17,19). The van der Waals surface area contributed by atoms with E-state index in [4.69, 9.17) is 12.2 Å². The first-order valence-corrected chi connectivity index (χ1v) is 7.09.